The molecule has 0 aliphatic heterocycles. The Balaban J connectivity index is 2.17. The van der Waals surface area contributed by atoms with Crippen molar-refractivity contribution in [2.24, 2.45) is 0 Å². The van der Waals surface area contributed by atoms with Crippen LogP contribution < -0.4 is 4.74 Å². The van der Waals surface area contributed by atoms with Gasteiger partial charge < -0.3 is 9.47 Å². The molecule has 0 saturated heterocycles. The molecule has 0 spiro atoms. The van der Waals surface area contributed by atoms with Crippen molar-refractivity contribution in [3.05, 3.63) is 107 Å². The largest absolute Gasteiger partial charge is 0.497 e. The van der Waals surface area contributed by atoms with E-state index in [0.717, 1.165) is 11.1 Å². The van der Waals surface area contributed by atoms with Gasteiger partial charge in [0.25, 0.3) is 0 Å². The van der Waals surface area contributed by atoms with E-state index >= 15 is 0 Å². The minimum absolute atomic E-state index is 0.0528. The number of rotatable bonds is 8. The van der Waals surface area contributed by atoms with Gasteiger partial charge in [-0.1, -0.05) is 60.7 Å². The highest BCUT2D eigenvalue weighted by Crippen LogP contribution is 2.27. The summed E-state index contributed by atoms with van der Waals surface area (Å²) in [7, 11) is 1.56. The number of carbonyl (C=O) groups is 2. The molecule has 3 aromatic carbocycles. The molecule has 0 unspecified atom stereocenters. The van der Waals surface area contributed by atoms with Gasteiger partial charge in [-0.15, -0.1) is 0 Å². The Labute approximate surface area is 176 Å². The molecule has 4 heteroatoms. The molecule has 0 aliphatic carbocycles. The summed E-state index contributed by atoms with van der Waals surface area (Å²) in [5.41, 5.74) is 2.91. The van der Waals surface area contributed by atoms with Crippen LogP contribution in [0.1, 0.15) is 28.4 Å². The van der Waals surface area contributed by atoms with Crippen molar-refractivity contribution in [2.75, 3.05) is 13.7 Å². The number of esters is 1. The molecule has 3 aromatic rings. The zero-order valence-electron chi connectivity index (χ0n) is 17.1. The highest BCUT2D eigenvalue weighted by molar-refractivity contribution is 6.28. The lowest BCUT2D eigenvalue weighted by Crippen LogP contribution is -2.19. The minimum atomic E-state index is -0.617. The number of methoxy groups -OCH3 is 1. The van der Waals surface area contributed by atoms with Crippen molar-refractivity contribution in [1.82, 2.24) is 0 Å². The first-order chi connectivity index (χ1) is 14.6. The minimum Gasteiger partial charge on any atom is -0.497 e. The SMILES string of the molecule is CCOC(=O)/C(C(=O)c1ccc(OC)cc1)=C(\Cc1ccccc1)c1ccccc1. The van der Waals surface area contributed by atoms with Gasteiger partial charge in [-0.3, -0.25) is 4.79 Å². The molecular formula is C26H24O4. The van der Waals surface area contributed by atoms with Crippen molar-refractivity contribution in [3.8, 4) is 5.75 Å². The van der Waals surface area contributed by atoms with Gasteiger partial charge in [-0.25, -0.2) is 4.79 Å². The fraction of sp³-hybridized carbons (Fsp3) is 0.154. The van der Waals surface area contributed by atoms with Gasteiger partial charge in [0.2, 0.25) is 5.78 Å². The van der Waals surface area contributed by atoms with Crippen LogP contribution in [0.3, 0.4) is 0 Å². The van der Waals surface area contributed by atoms with Crippen LogP contribution >= 0.6 is 0 Å². The van der Waals surface area contributed by atoms with Crippen LogP contribution in [-0.4, -0.2) is 25.5 Å². The summed E-state index contributed by atoms with van der Waals surface area (Å²) < 4.78 is 10.5. The van der Waals surface area contributed by atoms with Gasteiger partial charge in [0, 0.05) is 5.56 Å². The second-order valence-electron chi connectivity index (χ2n) is 6.66. The Hall–Kier alpha value is -3.66. The van der Waals surface area contributed by atoms with Crippen LogP contribution in [0.2, 0.25) is 0 Å². The van der Waals surface area contributed by atoms with Gasteiger partial charge in [-0.2, -0.15) is 0 Å². The fourth-order valence-corrected chi connectivity index (χ4v) is 3.22. The van der Waals surface area contributed by atoms with Crippen LogP contribution in [0.4, 0.5) is 0 Å². The van der Waals surface area contributed by atoms with Crippen molar-refractivity contribution < 1.29 is 19.1 Å². The molecule has 0 saturated carbocycles. The maximum absolute atomic E-state index is 13.5. The van der Waals surface area contributed by atoms with Crippen LogP contribution in [0, 0.1) is 0 Å². The second-order valence-corrected chi connectivity index (χ2v) is 6.66. The second kappa shape index (κ2) is 10.2. The number of Topliss-reactive ketones (excluding diaryl/α,β-unsaturated/α-hetero) is 1. The summed E-state index contributed by atoms with van der Waals surface area (Å²) in [4.78, 5) is 26.4. The highest BCUT2D eigenvalue weighted by atomic mass is 16.5. The van der Waals surface area contributed by atoms with Crippen LogP contribution in [0.5, 0.6) is 5.75 Å². The van der Waals surface area contributed by atoms with Crippen LogP contribution in [0.25, 0.3) is 5.57 Å². The topological polar surface area (TPSA) is 52.6 Å². The zero-order chi connectivity index (χ0) is 21.3. The lowest BCUT2D eigenvalue weighted by molar-refractivity contribution is -0.138. The summed E-state index contributed by atoms with van der Waals surface area (Å²) in [6, 6.07) is 26.0. The maximum Gasteiger partial charge on any atom is 0.342 e. The van der Waals surface area contributed by atoms with E-state index in [-0.39, 0.29) is 18.0 Å². The molecule has 0 bridgehead atoms. The van der Waals surface area contributed by atoms with Crippen LogP contribution in [0.15, 0.2) is 90.5 Å². The quantitative estimate of drug-likeness (QED) is 0.173. The van der Waals surface area contributed by atoms with E-state index in [2.05, 4.69) is 0 Å². The first kappa shape index (κ1) is 21.1. The van der Waals surface area contributed by atoms with Crippen molar-refractivity contribution in [2.45, 2.75) is 13.3 Å². The molecule has 0 amide bonds. The zero-order valence-corrected chi connectivity index (χ0v) is 17.1. The predicted octanol–water partition coefficient (Wildman–Crippen LogP) is 5.14. The maximum atomic E-state index is 13.5. The molecule has 3 rings (SSSR count). The number of carbonyl (C=O) groups excluding carboxylic acids is 2. The van der Waals surface area contributed by atoms with E-state index in [4.69, 9.17) is 9.47 Å². The van der Waals surface area contributed by atoms with Gasteiger partial charge in [-0.05, 0) is 54.3 Å². The van der Waals surface area contributed by atoms with Gasteiger partial charge in [0.15, 0.2) is 0 Å². The molecule has 0 N–H and O–H groups in total. The van der Waals surface area contributed by atoms with E-state index < -0.39 is 5.97 Å². The number of ether oxygens (including phenoxy) is 2. The van der Waals surface area contributed by atoms with E-state index in [1.165, 1.54) is 0 Å². The summed E-state index contributed by atoms with van der Waals surface area (Å²) in [6.45, 7) is 1.92. The van der Waals surface area contributed by atoms with E-state index in [9.17, 15) is 9.59 Å². The number of ketones is 1. The first-order valence-corrected chi connectivity index (χ1v) is 9.82. The van der Waals surface area contributed by atoms with Crippen molar-refractivity contribution in [3.63, 3.8) is 0 Å². The van der Waals surface area contributed by atoms with Crippen molar-refractivity contribution >= 4 is 17.3 Å². The van der Waals surface area contributed by atoms with E-state index in [0.29, 0.717) is 23.3 Å². The molecule has 0 aromatic heterocycles. The average molecular weight is 400 g/mol. The molecule has 0 aliphatic rings. The summed E-state index contributed by atoms with van der Waals surface area (Å²) in [6.07, 6.45) is 0.431. The average Bonchev–Trinajstić information content (AvgIpc) is 2.80. The Morgan fingerprint density at radius 3 is 1.93 bits per heavy atom. The number of allylic oxidation sites excluding steroid dienone is 1. The molecule has 30 heavy (non-hydrogen) atoms. The Bertz CT molecular complexity index is 1020. The molecule has 152 valence electrons. The van der Waals surface area contributed by atoms with Crippen molar-refractivity contribution in [1.29, 1.82) is 0 Å². The van der Waals surface area contributed by atoms with Gasteiger partial charge >= 0.3 is 5.97 Å². The van der Waals surface area contributed by atoms with Crippen LogP contribution in [-0.2, 0) is 16.0 Å². The number of hydrogen-bond acceptors (Lipinski definition) is 4. The third-order valence-electron chi connectivity index (χ3n) is 4.71. The molecule has 0 radical (unpaired) electrons. The predicted molar refractivity (Wildman–Crippen MR) is 117 cm³/mol. The Morgan fingerprint density at radius 2 is 1.37 bits per heavy atom. The Morgan fingerprint density at radius 1 is 0.767 bits per heavy atom. The normalized spacial score (nSPS) is 11.4. The van der Waals surface area contributed by atoms with Gasteiger partial charge in [0.05, 0.1) is 13.7 Å². The van der Waals surface area contributed by atoms with E-state index in [1.54, 1.807) is 38.3 Å². The Kier molecular flexibility index (Phi) is 7.17. The van der Waals surface area contributed by atoms with Gasteiger partial charge in [0.1, 0.15) is 11.3 Å². The number of hydrogen-bond donors (Lipinski definition) is 0. The lowest BCUT2D eigenvalue weighted by atomic mass is 9.89. The third kappa shape index (κ3) is 5.03. The summed E-state index contributed by atoms with van der Waals surface area (Å²) in [5, 5.41) is 0. The molecule has 0 fully saturated rings. The molecule has 0 heterocycles. The standard InChI is InChI=1S/C26H24O4/c1-3-30-26(28)24(25(27)21-14-16-22(29-2)17-15-21)23(20-12-8-5-9-13-20)18-19-10-6-4-7-11-19/h4-17H,3,18H2,1-2H3/b24-23+. The first-order valence-electron chi connectivity index (χ1n) is 9.82. The highest BCUT2D eigenvalue weighted by Gasteiger charge is 2.26. The molecular weight excluding hydrogens is 376 g/mol. The summed E-state index contributed by atoms with van der Waals surface area (Å²) in [5.74, 6) is -0.347. The molecule has 4 nitrogen and oxygen atoms in total. The fourth-order valence-electron chi connectivity index (χ4n) is 3.22. The number of benzene rings is 3. The lowest BCUT2D eigenvalue weighted by Gasteiger charge is -2.15. The third-order valence-corrected chi connectivity index (χ3v) is 4.71. The monoisotopic (exact) mass is 400 g/mol. The smallest absolute Gasteiger partial charge is 0.342 e. The van der Waals surface area contributed by atoms with E-state index in [1.807, 2.05) is 60.7 Å². The molecule has 0 atom stereocenters. The summed E-state index contributed by atoms with van der Waals surface area (Å²) >= 11 is 0.